The summed E-state index contributed by atoms with van der Waals surface area (Å²) in [5.74, 6) is 1.32. The summed E-state index contributed by atoms with van der Waals surface area (Å²) in [6.45, 7) is 10.4. The van der Waals surface area contributed by atoms with Gasteiger partial charge in [-0.2, -0.15) is 0 Å². The molecule has 1 heterocycles. The minimum Gasteiger partial charge on any atom is -0.477 e. The molecule has 1 N–H and O–H groups in total. The van der Waals surface area contributed by atoms with Crippen LogP contribution in [0, 0.1) is 5.92 Å². The molecule has 0 aliphatic rings. The van der Waals surface area contributed by atoms with Crippen LogP contribution in [0.5, 0.6) is 5.88 Å². The number of hydrogen-bond acceptors (Lipinski definition) is 3. The molecule has 1 aromatic heterocycles. The highest BCUT2D eigenvalue weighted by Crippen LogP contribution is 2.15. The quantitative estimate of drug-likeness (QED) is 0.766. The van der Waals surface area contributed by atoms with Gasteiger partial charge in [-0.05, 0) is 31.4 Å². The van der Waals surface area contributed by atoms with Crippen molar-refractivity contribution in [1.82, 2.24) is 10.3 Å². The molecule has 1 aromatic rings. The Balaban J connectivity index is 2.45. The minimum absolute atomic E-state index is 0.343. The number of ether oxygens (including phenoxy) is 1. The van der Waals surface area contributed by atoms with Gasteiger partial charge < -0.3 is 10.1 Å². The predicted octanol–water partition coefficient (Wildman–Crippen LogP) is 3.57. The van der Waals surface area contributed by atoms with Gasteiger partial charge in [-0.3, -0.25) is 0 Å². The topological polar surface area (TPSA) is 34.1 Å². The maximum absolute atomic E-state index is 5.68. The molecule has 0 fully saturated rings. The van der Waals surface area contributed by atoms with E-state index in [2.05, 4.69) is 44.1 Å². The van der Waals surface area contributed by atoms with Crippen molar-refractivity contribution < 1.29 is 4.74 Å². The molecule has 0 aliphatic heterocycles. The van der Waals surface area contributed by atoms with Crippen molar-refractivity contribution in [2.45, 2.75) is 46.6 Å². The van der Waals surface area contributed by atoms with Gasteiger partial charge in [-0.15, -0.1) is 0 Å². The Kier molecular flexibility index (Phi) is 6.73. The molecule has 18 heavy (non-hydrogen) atoms. The Morgan fingerprint density at radius 3 is 2.61 bits per heavy atom. The van der Waals surface area contributed by atoms with Gasteiger partial charge in [0.2, 0.25) is 5.88 Å². The van der Waals surface area contributed by atoms with E-state index in [1.54, 1.807) is 0 Å². The Morgan fingerprint density at radius 1 is 1.28 bits per heavy atom. The zero-order valence-electron chi connectivity index (χ0n) is 12.1. The van der Waals surface area contributed by atoms with Crippen molar-refractivity contribution >= 4 is 0 Å². The molecule has 102 valence electrons. The lowest BCUT2D eigenvalue weighted by Crippen LogP contribution is -2.17. The van der Waals surface area contributed by atoms with Gasteiger partial charge >= 0.3 is 0 Å². The van der Waals surface area contributed by atoms with Gasteiger partial charge in [0.15, 0.2) is 0 Å². The fourth-order valence-electron chi connectivity index (χ4n) is 1.96. The molecular weight excluding hydrogens is 224 g/mol. The van der Waals surface area contributed by atoms with Crippen LogP contribution in [0.1, 0.15) is 52.1 Å². The fourth-order valence-corrected chi connectivity index (χ4v) is 1.96. The number of nitrogens with zero attached hydrogens (tertiary/aromatic N) is 1. The fraction of sp³-hybridized carbons (Fsp3) is 0.667. The molecule has 2 atom stereocenters. The standard InChI is InChI=1S/C15H26N2O/c1-5-7-12(3)11-18-15-9-8-14(10-17-15)13(4)16-6-2/h8-10,12-13,16H,5-7,11H2,1-4H3. The van der Waals surface area contributed by atoms with Crippen molar-refractivity contribution in [1.29, 1.82) is 0 Å². The normalized spacial score (nSPS) is 14.2. The average Bonchev–Trinajstić information content (AvgIpc) is 2.37. The Hall–Kier alpha value is -1.09. The first-order valence-corrected chi connectivity index (χ1v) is 6.99. The first-order valence-electron chi connectivity index (χ1n) is 6.99. The molecule has 0 aromatic carbocycles. The van der Waals surface area contributed by atoms with E-state index < -0.39 is 0 Å². The Labute approximate surface area is 111 Å². The van der Waals surface area contributed by atoms with Crippen LogP contribution in [0.25, 0.3) is 0 Å². The SMILES string of the molecule is CCCC(C)COc1ccc(C(C)NCC)cn1. The third-order valence-electron chi connectivity index (χ3n) is 3.07. The third kappa shape index (κ3) is 5.05. The first-order chi connectivity index (χ1) is 8.67. The molecule has 0 saturated carbocycles. The zero-order valence-corrected chi connectivity index (χ0v) is 12.1. The molecule has 0 amide bonds. The van der Waals surface area contributed by atoms with Gasteiger partial charge in [0.05, 0.1) is 6.61 Å². The Bertz CT molecular complexity index is 324. The maximum Gasteiger partial charge on any atom is 0.213 e. The van der Waals surface area contributed by atoms with Crippen LogP contribution >= 0.6 is 0 Å². The summed E-state index contributed by atoms with van der Waals surface area (Å²) in [5, 5.41) is 3.37. The van der Waals surface area contributed by atoms with Gasteiger partial charge in [0.1, 0.15) is 0 Å². The summed E-state index contributed by atoms with van der Waals surface area (Å²) in [5.41, 5.74) is 1.20. The predicted molar refractivity (Wildman–Crippen MR) is 75.9 cm³/mol. The van der Waals surface area contributed by atoms with Gasteiger partial charge in [-0.25, -0.2) is 4.98 Å². The van der Waals surface area contributed by atoms with Crippen LogP contribution in [0.15, 0.2) is 18.3 Å². The molecule has 1 rings (SSSR count). The van der Waals surface area contributed by atoms with Crippen molar-refractivity contribution in [3.63, 3.8) is 0 Å². The summed E-state index contributed by atoms with van der Waals surface area (Å²) < 4.78 is 5.68. The first kappa shape index (κ1) is 15.0. The summed E-state index contributed by atoms with van der Waals surface area (Å²) in [6.07, 6.45) is 4.31. The molecule has 0 aliphatic carbocycles. The smallest absolute Gasteiger partial charge is 0.213 e. The van der Waals surface area contributed by atoms with Crippen molar-refractivity contribution in [3.8, 4) is 5.88 Å². The van der Waals surface area contributed by atoms with Gasteiger partial charge in [-0.1, -0.05) is 33.3 Å². The molecular formula is C15H26N2O. The second kappa shape index (κ2) is 8.09. The minimum atomic E-state index is 0.343. The maximum atomic E-state index is 5.68. The second-order valence-electron chi connectivity index (χ2n) is 4.91. The van der Waals surface area contributed by atoms with E-state index in [0.717, 1.165) is 19.0 Å². The third-order valence-corrected chi connectivity index (χ3v) is 3.07. The van der Waals surface area contributed by atoms with E-state index in [-0.39, 0.29) is 0 Å². The van der Waals surface area contributed by atoms with Crippen molar-refractivity contribution in [3.05, 3.63) is 23.9 Å². The van der Waals surface area contributed by atoms with Gasteiger partial charge in [0, 0.05) is 18.3 Å². The van der Waals surface area contributed by atoms with Crippen molar-refractivity contribution in [2.24, 2.45) is 5.92 Å². The number of rotatable bonds is 8. The molecule has 3 heteroatoms. The molecule has 0 bridgehead atoms. The monoisotopic (exact) mass is 250 g/mol. The Morgan fingerprint density at radius 2 is 2.06 bits per heavy atom. The molecule has 0 saturated heterocycles. The number of aromatic nitrogens is 1. The lowest BCUT2D eigenvalue weighted by Gasteiger charge is -2.14. The number of pyridine rings is 1. The van der Waals surface area contributed by atoms with Crippen LogP contribution in [-0.2, 0) is 0 Å². The molecule has 2 unspecified atom stereocenters. The highest BCUT2D eigenvalue weighted by Gasteiger charge is 2.06. The van der Waals surface area contributed by atoms with Crippen LogP contribution in [-0.4, -0.2) is 18.1 Å². The van der Waals surface area contributed by atoms with Crippen LogP contribution in [0.3, 0.4) is 0 Å². The summed E-state index contributed by atoms with van der Waals surface area (Å²) in [7, 11) is 0. The largest absolute Gasteiger partial charge is 0.477 e. The van der Waals surface area contributed by atoms with Gasteiger partial charge in [0.25, 0.3) is 0 Å². The average molecular weight is 250 g/mol. The lowest BCUT2D eigenvalue weighted by atomic mass is 10.1. The zero-order chi connectivity index (χ0) is 13.4. The van der Waals surface area contributed by atoms with Crippen LogP contribution < -0.4 is 10.1 Å². The highest BCUT2D eigenvalue weighted by molar-refractivity contribution is 5.20. The van der Waals surface area contributed by atoms with Crippen LogP contribution in [0.2, 0.25) is 0 Å². The van der Waals surface area contributed by atoms with E-state index in [4.69, 9.17) is 4.74 Å². The van der Waals surface area contributed by atoms with E-state index >= 15 is 0 Å². The van der Waals surface area contributed by atoms with Crippen molar-refractivity contribution in [2.75, 3.05) is 13.2 Å². The van der Waals surface area contributed by atoms with E-state index in [1.807, 2.05) is 12.3 Å². The van der Waals surface area contributed by atoms with E-state index in [1.165, 1.54) is 18.4 Å². The van der Waals surface area contributed by atoms with E-state index in [0.29, 0.717) is 12.0 Å². The summed E-state index contributed by atoms with van der Waals surface area (Å²) in [4.78, 5) is 4.35. The number of nitrogens with one attached hydrogen (secondary N) is 1. The van der Waals surface area contributed by atoms with E-state index in [9.17, 15) is 0 Å². The molecule has 0 spiro atoms. The lowest BCUT2D eigenvalue weighted by molar-refractivity contribution is 0.243. The highest BCUT2D eigenvalue weighted by atomic mass is 16.5. The number of hydrogen-bond donors (Lipinski definition) is 1. The summed E-state index contributed by atoms with van der Waals surface area (Å²) in [6, 6.07) is 4.39. The molecule has 0 radical (unpaired) electrons. The second-order valence-corrected chi connectivity index (χ2v) is 4.91. The molecule has 3 nitrogen and oxygen atoms in total. The summed E-state index contributed by atoms with van der Waals surface area (Å²) >= 11 is 0. The van der Waals surface area contributed by atoms with Crippen LogP contribution in [0.4, 0.5) is 0 Å².